The van der Waals surface area contributed by atoms with E-state index in [1.165, 1.54) is 0 Å². The van der Waals surface area contributed by atoms with Crippen LogP contribution < -0.4 is 11.1 Å². The zero-order chi connectivity index (χ0) is 9.68. The molecule has 0 aliphatic rings. The molecule has 0 aromatic carbocycles. The molecule has 1 aromatic rings. The standard InChI is InChI=1S/C7H12N4O2/c1-5-2-6(11-13-5)3-9-4-7(8)10-12/h2,9,12H,3-4H2,1H3,(H2,8,10). The first-order valence-corrected chi connectivity index (χ1v) is 3.81. The lowest BCUT2D eigenvalue weighted by Crippen LogP contribution is -2.28. The van der Waals surface area contributed by atoms with Crippen LogP contribution in [-0.2, 0) is 6.54 Å². The molecule has 1 rings (SSSR count). The summed E-state index contributed by atoms with van der Waals surface area (Å²) in [4.78, 5) is 0. The number of oxime groups is 1. The fourth-order valence-corrected chi connectivity index (χ4v) is 0.855. The Hall–Kier alpha value is -1.56. The van der Waals surface area contributed by atoms with Crippen molar-refractivity contribution in [2.45, 2.75) is 13.5 Å². The molecule has 72 valence electrons. The van der Waals surface area contributed by atoms with E-state index in [1.807, 2.05) is 13.0 Å². The Morgan fingerprint density at radius 1 is 1.85 bits per heavy atom. The highest BCUT2D eigenvalue weighted by Gasteiger charge is 1.99. The molecule has 0 aliphatic carbocycles. The maximum absolute atomic E-state index is 8.22. The molecule has 4 N–H and O–H groups in total. The van der Waals surface area contributed by atoms with Crippen molar-refractivity contribution >= 4 is 5.84 Å². The topological polar surface area (TPSA) is 96.7 Å². The Labute approximate surface area is 75.4 Å². The number of rotatable bonds is 4. The van der Waals surface area contributed by atoms with Gasteiger partial charge in [-0.3, -0.25) is 0 Å². The normalized spacial score (nSPS) is 11.9. The van der Waals surface area contributed by atoms with Crippen molar-refractivity contribution in [3.63, 3.8) is 0 Å². The Morgan fingerprint density at radius 3 is 3.15 bits per heavy atom. The van der Waals surface area contributed by atoms with E-state index in [2.05, 4.69) is 15.6 Å². The second-order valence-electron chi connectivity index (χ2n) is 2.62. The van der Waals surface area contributed by atoms with Crippen molar-refractivity contribution < 1.29 is 9.73 Å². The fraction of sp³-hybridized carbons (Fsp3) is 0.429. The third-order valence-corrected chi connectivity index (χ3v) is 1.42. The summed E-state index contributed by atoms with van der Waals surface area (Å²) < 4.78 is 4.85. The molecule has 0 saturated carbocycles. The Balaban J connectivity index is 2.28. The van der Waals surface area contributed by atoms with Gasteiger partial charge < -0.3 is 20.8 Å². The molecule has 0 fully saturated rings. The van der Waals surface area contributed by atoms with Gasteiger partial charge in [-0.25, -0.2) is 0 Å². The third kappa shape index (κ3) is 3.12. The average molecular weight is 184 g/mol. The minimum absolute atomic E-state index is 0.139. The van der Waals surface area contributed by atoms with Crippen molar-refractivity contribution in [3.05, 3.63) is 17.5 Å². The van der Waals surface area contributed by atoms with E-state index in [9.17, 15) is 0 Å². The molecule has 0 atom stereocenters. The molecule has 0 aliphatic heterocycles. The van der Waals surface area contributed by atoms with Crippen molar-refractivity contribution in [1.29, 1.82) is 0 Å². The smallest absolute Gasteiger partial charge is 0.153 e. The summed E-state index contributed by atoms with van der Waals surface area (Å²) in [7, 11) is 0. The number of aromatic nitrogens is 1. The molecular formula is C7H12N4O2. The zero-order valence-electron chi connectivity index (χ0n) is 7.32. The van der Waals surface area contributed by atoms with Gasteiger partial charge in [0.25, 0.3) is 0 Å². The second kappa shape index (κ2) is 4.46. The van der Waals surface area contributed by atoms with Crippen LogP contribution in [-0.4, -0.2) is 22.7 Å². The lowest BCUT2D eigenvalue weighted by molar-refractivity contribution is 0.317. The molecule has 1 heterocycles. The molecule has 0 amide bonds. The summed E-state index contributed by atoms with van der Waals surface area (Å²) in [5, 5.41) is 17.7. The minimum Gasteiger partial charge on any atom is -0.409 e. The summed E-state index contributed by atoms with van der Waals surface area (Å²) >= 11 is 0. The summed E-state index contributed by atoms with van der Waals surface area (Å²) in [6, 6.07) is 1.82. The molecule has 1 aromatic heterocycles. The summed E-state index contributed by atoms with van der Waals surface area (Å²) in [5.74, 6) is 0.904. The summed E-state index contributed by atoms with van der Waals surface area (Å²) in [5.41, 5.74) is 6.03. The minimum atomic E-state index is 0.139. The third-order valence-electron chi connectivity index (χ3n) is 1.42. The SMILES string of the molecule is Cc1cc(CNCC(N)=NO)no1. The van der Waals surface area contributed by atoms with Gasteiger partial charge in [-0.05, 0) is 6.92 Å². The molecule has 0 spiro atoms. The number of nitrogens with zero attached hydrogens (tertiary/aromatic N) is 2. The van der Waals surface area contributed by atoms with Gasteiger partial charge in [-0.15, -0.1) is 0 Å². The largest absolute Gasteiger partial charge is 0.409 e. The fourth-order valence-electron chi connectivity index (χ4n) is 0.855. The highest BCUT2D eigenvalue weighted by molar-refractivity contribution is 5.81. The molecular weight excluding hydrogens is 172 g/mol. The van der Waals surface area contributed by atoms with E-state index in [0.29, 0.717) is 13.1 Å². The van der Waals surface area contributed by atoms with E-state index in [4.69, 9.17) is 15.5 Å². The molecule has 13 heavy (non-hydrogen) atoms. The summed E-state index contributed by atoms with van der Waals surface area (Å²) in [6.07, 6.45) is 0. The Bertz CT molecular complexity index is 294. The van der Waals surface area contributed by atoms with Crippen molar-refractivity contribution in [2.75, 3.05) is 6.54 Å². The van der Waals surface area contributed by atoms with Gasteiger partial charge in [0.1, 0.15) is 5.76 Å². The van der Waals surface area contributed by atoms with E-state index in [-0.39, 0.29) is 5.84 Å². The quantitative estimate of drug-likeness (QED) is 0.261. The molecule has 0 bridgehead atoms. The van der Waals surface area contributed by atoms with E-state index in [0.717, 1.165) is 11.5 Å². The molecule has 0 saturated heterocycles. The molecule has 6 nitrogen and oxygen atoms in total. The number of amidine groups is 1. The van der Waals surface area contributed by atoms with Crippen LogP contribution in [0, 0.1) is 6.92 Å². The maximum Gasteiger partial charge on any atom is 0.153 e. The van der Waals surface area contributed by atoms with Crippen molar-refractivity contribution in [2.24, 2.45) is 10.9 Å². The highest BCUT2D eigenvalue weighted by Crippen LogP contribution is 1.99. The predicted molar refractivity (Wildman–Crippen MR) is 46.4 cm³/mol. The first kappa shape index (κ1) is 9.53. The van der Waals surface area contributed by atoms with Crippen LogP contribution >= 0.6 is 0 Å². The van der Waals surface area contributed by atoms with Crippen LogP contribution in [0.5, 0.6) is 0 Å². The van der Waals surface area contributed by atoms with Crippen LogP contribution in [0.25, 0.3) is 0 Å². The number of nitrogens with two attached hydrogens (primary N) is 1. The lowest BCUT2D eigenvalue weighted by Gasteiger charge is -1.98. The van der Waals surface area contributed by atoms with Gasteiger partial charge in [0.2, 0.25) is 0 Å². The first-order chi connectivity index (χ1) is 6.22. The maximum atomic E-state index is 8.22. The Kier molecular flexibility index (Phi) is 3.27. The monoisotopic (exact) mass is 184 g/mol. The number of nitrogens with one attached hydrogen (secondary N) is 1. The number of hydrogen-bond donors (Lipinski definition) is 3. The second-order valence-corrected chi connectivity index (χ2v) is 2.62. The van der Waals surface area contributed by atoms with Crippen LogP contribution in [0.4, 0.5) is 0 Å². The molecule has 0 radical (unpaired) electrons. The van der Waals surface area contributed by atoms with E-state index < -0.39 is 0 Å². The lowest BCUT2D eigenvalue weighted by atomic mass is 10.4. The van der Waals surface area contributed by atoms with Gasteiger partial charge in [0.15, 0.2) is 5.84 Å². The molecule has 0 unspecified atom stereocenters. The highest BCUT2D eigenvalue weighted by atomic mass is 16.5. The van der Waals surface area contributed by atoms with Crippen LogP contribution in [0.3, 0.4) is 0 Å². The first-order valence-electron chi connectivity index (χ1n) is 3.81. The van der Waals surface area contributed by atoms with Gasteiger partial charge in [-0.1, -0.05) is 10.3 Å². The van der Waals surface area contributed by atoms with Crippen molar-refractivity contribution in [3.8, 4) is 0 Å². The zero-order valence-corrected chi connectivity index (χ0v) is 7.32. The number of hydrogen-bond acceptors (Lipinski definition) is 5. The van der Waals surface area contributed by atoms with Gasteiger partial charge in [-0.2, -0.15) is 0 Å². The average Bonchev–Trinajstić information content (AvgIpc) is 2.51. The summed E-state index contributed by atoms with van der Waals surface area (Å²) in [6.45, 7) is 2.68. The van der Waals surface area contributed by atoms with Gasteiger partial charge in [0, 0.05) is 12.6 Å². The number of aryl methyl sites for hydroxylation is 1. The van der Waals surface area contributed by atoms with Crippen LogP contribution in [0.15, 0.2) is 15.7 Å². The Morgan fingerprint density at radius 2 is 2.62 bits per heavy atom. The van der Waals surface area contributed by atoms with Crippen LogP contribution in [0.1, 0.15) is 11.5 Å². The van der Waals surface area contributed by atoms with E-state index in [1.54, 1.807) is 0 Å². The van der Waals surface area contributed by atoms with Gasteiger partial charge in [0.05, 0.1) is 12.2 Å². The van der Waals surface area contributed by atoms with Crippen LogP contribution in [0.2, 0.25) is 0 Å². The molecule has 6 heteroatoms. The predicted octanol–water partition coefficient (Wildman–Crippen LogP) is -0.181. The van der Waals surface area contributed by atoms with E-state index >= 15 is 0 Å². The van der Waals surface area contributed by atoms with Gasteiger partial charge >= 0.3 is 0 Å². The van der Waals surface area contributed by atoms with Crippen molar-refractivity contribution in [1.82, 2.24) is 10.5 Å².